The van der Waals surface area contributed by atoms with Gasteiger partial charge in [0.2, 0.25) is 23.6 Å². The number of unbranched alkanes of at least 4 members (excludes halogenated alkanes) is 6. The normalized spacial score (nSPS) is 20.0. The molecule has 0 aromatic heterocycles. The van der Waals surface area contributed by atoms with Crippen LogP contribution in [-0.4, -0.2) is 133 Å². The fourth-order valence-corrected chi connectivity index (χ4v) is 5.11. The number of nitrogens with one attached hydrogen (secondary N) is 3. The molecule has 16 heteroatoms. The number of amides is 4. The topological polar surface area (TPSA) is 227 Å². The van der Waals surface area contributed by atoms with E-state index in [0.717, 1.165) is 56.3 Å². The highest BCUT2D eigenvalue weighted by Crippen LogP contribution is 2.18. The standard InChI is InChI=1S/C34H58N4O12/c1-4-6-8-10-12-25(22-39)36-28(42)20-38(21-29(43)37-26(23-40)13-11-9-7-5-2)30(44)15-14-27(41)35-16-17-48-18-19-49-34-33(47)32(46)31(45)24(3)50-34/h22-26,32-34,46-47H,4-21H2,1-3H3,(H,35,41)(H,36,42)(H,37,43)/t24-,25-,26-,32+,33+,34+/m0/s1. The quantitative estimate of drug-likeness (QED) is 0.0537. The maximum Gasteiger partial charge on any atom is 0.240 e. The third-order valence-corrected chi connectivity index (χ3v) is 8.06. The highest BCUT2D eigenvalue weighted by atomic mass is 16.7. The SMILES string of the molecule is CCCCCC[C@@H](C=O)NC(=O)CN(CC(=O)N[C@H](C=O)CCCCCC)C(=O)CCC(=O)NCCOCCO[C@@H]1O[C@@H](C)C(=O)[C@@H](O)[C@H]1O. The van der Waals surface area contributed by atoms with E-state index in [1.165, 1.54) is 6.92 Å². The van der Waals surface area contributed by atoms with Gasteiger partial charge in [-0.25, -0.2) is 0 Å². The fraction of sp³-hybridized carbons (Fsp3) is 0.794. The lowest BCUT2D eigenvalue weighted by molar-refractivity contribution is -0.253. The zero-order chi connectivity index (χ0) is 37.3. The lowest BCUT2D eigenvalue weighted by atomic mass is 10.0. The molecule has 1 fully saturated rings. The molecule has 0 saturated carbocycles. The van der Waals surface area contributed by atoms with Crippen molar-refractivity contribution in [2.24, 2.45) is 0 Å². The first-order chi connectivity index (χ1) is 24.0. The lowest BCUT2D eigenvalue weighted by Gasteiger charge is -2.34. The van der Waals surface area contributed by atoms with E-state index in [4.69, 9.17) is 14.2 Å². The molecule has 1 aliphatic rings. The number of nitrogens with zero attached hydrogens (tertiary/aromatic N) is 1. The van der Waals surface area contributed by atoms with Gasteiger partial charge in [-0.05, 0) is 19.8 Å². The van der Waals surface area contributed by atoms with E-state index >= 15 is 0 Å². The Balaban J connectivity index is 2.58. The third kappa shape index (κ3) is 18.6. The van der Waals surface area contributed by atoms with Crippen molar-refractivity contribution in [3.63, 3.8) is 0 Å². The molecule has 0 radical (unpaired) electrons. The smallest absolute Gasteiger partial charge is 0.240 e. The van der Waals surface area contributed by atoms with Gasteiger partial charge in [-0.2, -0.15) is 0 Å². The zero-order valence-electron chi connectivity index (χ0n) is 29.8. The second kappa shape index (κ2) is 26.5. The highest BCUT2D eigenvalue weighted by molar-refractivity contribution is 5.92. The average molecular weight is 715 g/mol. The Hall–Kier alpha value is -3.31. The van der Waals surface area contributed by atoms with Crippen molar-refractivity contribution in [1.82, 2.24) is 20.9 Å². The summed E-state index contributed by atoms with van der Waals surface area (Å²) in [4.78, 5) is 86.9. The first-order valence-corrected chi connectivity index (χ1v) is 17.8. The molecule has 1 aliphatic heterocycles. The van der Waals surface area contributed by atoms with Gasteiger partial charge >= 0.3 is 0 Å². The van der Waals surface area contributed by atoms with E-state index in [9.17, 15) is 43.8 Å². The average Bonchev–Trinajstić information content (AvgIpc) is 3.10. The Morgan fingerprint density at radius 3 is 1.90 bits per heavy atom. The van der Waals surface area contributed by atoms with E-state index in [2.05, 4.69) is 29.8 Å². The number of ketones is 1. The molecule has 0 spiro atoms. The monoisotopic (exact) mass is 714 g/mol. The molecule has 0 aromatic rings. The third-order valence-electron chi connectivity index (χ3n) is 8.06. The van der Waals surface area contributed by atoms with E-state index in [1.54, 1.807) is 0 Å². The molecule has 1 heterocycles. The molecular formula is C34H58N4O12. The number of Topliss-reactive ketones (excluding diaryl/α,β-unsaturated/α-hetero) is 1. The van der Waals surface area contributed by atoms with Crippen molar-refractivity contribution in [1.29, 1.82) is 0 Å². The van der Waals surface area contributed by atoms with Gasteiger partial charge in [0, 0.05) is 19.4 Å². The molecule has 0 aromatic carbocycles. The summed E-state index contributed by atoms with van der Waals surface area (Å²) < 4.78 is 15.9. The van der Waals surface area contributed by atoms with Crippen LogP contribution in [0.2, 0.25) is 0 Å². The Morgan fingerprint density at radius 1 is 0.820 bits per heavy atom. The summed E-state index contributed by atoms with van der Waals surface area (Å²) in [6, 6.07) is -1.47. The van der Waals surface area contributed by atoms with Crippen LogP contribution < -0.4 is 16.0 Å². The maximum absolute atomic E-state index is 13.1. The fourth-order valence-electron chi connectivity index (χ4n) is 5.11. The van der Waals surface area contributed by atoms with Crippen LogP contribution in [-0.2, 0) is 47.8 Å². The molecule has 1 saturated heterocycles. The minimum Gasteiger partial charge on any atom is -0.385 e. The Labute approximate surface area is 294 Å². The summed E-state index contributed by atoms with van der Waals surface area (Å²) in [6.45, 7) is 4.77. The Kier molecular flexibility index (Phi) is 23.7. The van der Waals surface area contributed by atoms with Crippen LogP contribution in [0, 0.1) is 0 Å². The van der Waals surface area contributed by atoms with E-state index in [1.807, 2.05) is 0 Å². The van der Waals surface area contributed by atoms with Gasteiger partial charge in [0.25, 0.3) is 0 Å². The van der Waals surface area contributed by atoms with Gasteiger partial charge in [-0.1, -0.05) is 65.2 Å². The highest BCUT2D eigenvalue weighted by Gasteiger charge is 2.42. The summed E-state index contributed by atoms with van der Waals surface area (Å²) in [6.07, 6.45) is 3.74. The number of hydrogen-bond donors (Lipinski definition) is 5. The molecule has 1 rings (SSSR count). The number of carbonyl (C=O) groups excluding carboxylic acids is 7. The van der Waals surface area contributed by atoms with Gasteiger partial charge in [-0.15, -0.1) is 0 Å². The number of aliphatic hydroxyl groups excluding tert-OH is 2. The Bertz CT molecular complexity index is 1020. The largest absolute Gasteiger partial charge is 0.385 e. The number of rotatable bonds is 28. The molecule has 4 amide bonds. The molecule has 0 aliphatic carbocycles. The van der Waals surface area contributed by atoms with Gasteiger partial charge in [-0.3, -0.25) is 24.0 Å². The first kappa shape index (κ1) is 44.7. The van der Waals surface area contributed by atoms with Crippen LogP contribution in [0.25, 0.3) is 0 Å². The number of aliphatic hydroxyl groups is 2. The molecule has 5 N–H and O–H groups in total. The van der Waals surface area contributed by atoms with Gasteiger partial charge in [0.1, 0.15) is 44.0 Å². The van der Waals surface area contributed by atoms with Crippen LogP contribution in [0.3, 0.4) is 0 Å². The van der Waals surface area contributed by atoms with Crippen LogP contribution >= 0.6 is 0 Å². The molecule has 50 heavy (non-hydrogen) atoms. The van der Waals surface area contributed by atoms with E-state index in [-0.39, 0.29) is 39.2 Å². The summed E-state index contributed by atoms with van der Waals surface area (Å²) in [5, 5.41) is 27.5. The summed E-state index contributed by atoms with van der Waals surface area (Å²) in [5.74, 6) is -3.00. The van der Waals surface area contributed by atoms with E-state index in [0.29, 0.717) is 25.4 Å². The van der Waals surface area contributed by atoms with Crippen molar-refractivity contribution in [2.45, 2.75) is 135 Å². The second-order valence-electron chi connectivity index (χ2n) is 12.4. The van der Waals surface area contributed by atoms with Crippen molar-refractivity contribution in [2.75, 3.05) is 39.5 Å². The zero-order valence-corrected chi connectivity index (χ0v) is 29.8. The Morgan fingerprint density at radius 2 is 1.38 bits per heavy atom. The van der Waals surface area contributed by atoms with Crippen LogP contribution in [0.1, 0.15) is 97.8 Å². The minimum atomic E-state index is -1.60. The molecule has 6 atom stereocenters. The molecule has 0 unspecified atom stereocenters. The number of ether oxygens (including phenoxy) is 3. The summed E-state index contributed by atoms with van der Waals surface area (Å²) in [7, 11) is 0. The molecule has 286 valence electrons. The molecular weight excluding hydrogens is 656 g/mol. The van der Waals surface area contributed by atoms with Gasteiger partial charge in [0.05, 0.1) is 31.9 Å². The maximum atomic E-state index is 13.1. The summed E-state index contributed by atoms with van der Waals surface area (Å²) >= 11 is 0. The predicted molar refractivity (Wildman–Crippen MR) is 180 cm³/mol. The predicted octanol–water partition coefficient (Wildman–Crippen LogP) is 0.0885. The van der Waals surface area contributed by atoms with Crippen molar-refractivity contribution >= 4 is 42.0 Å². The number of carbonyl (C=O) groups is 7. The molecule has 0 bridgehead atoms. The lowest BCUT2D eigenvalue weighted by Crippen LogP contribution is -2.55. The van der Waals surface area contributed by atoms with Gasteiger partial charge in [0.15, 0.2) is 12.1 Å². The summed E-state index contributed by atoms with van der Waals surface area (Å²) in [5.41, 5.74) is 0. The molecule has 16 nitrogen and oxygen atoms in total. The van der Waals surface area contributed by atoms with Gasteiger partial charge < -0.3 is 54.9 Å². The van der Waals surface area contributed by atoms with Crippen molar-refractivity contribution < 1.29 is 58.0 Å². The second-order valence-corrected chi connectivity index (χ2v) is 12.4. The first-order valence-electron chi connectivity index (χ1n) is 17.8. The van der Waals surface area contributed by atoms with Crippen LogP contribution in [0.15, 0.2) is 0 Å². The van der Waals surface area contributed by atoms with E-state index < -0.39 is 79.2 Å². The minimum absolute atomic E-state index is 0.0201. The van der Waals surface area contributed by atoms with Crippen LogP contribution in [0.5, 0.6) is 0 Å². The van der Waals surface area contributed by atoms with Crippen molar-refractivity contribution in [3.05, 3.63) is 0 Å². The van der Waals surface area contributed by atoms with Crippen molar-refractivity contribution in [3.8, 4) is 0 Å². The van der Waals surface area contributed by atoms with Crippen LogP contribution in [0.4, 0.5) is 0 Å². The number of hydrogen-bond acceptors (Lipinski definition) is 12. The number of aldehydes is 2.